The Bertz CT molecular complexity index is 525. The third-order valence-electron chi connectivity index (χ3n) is 3.26. The number of fused-ring (bicyclic) bond motifs is 1. The monoisotopic (exact) mass is 313 g/mol. The molecule has 0 aromatic heterocycles. The number of carbonyl (C=O) groups is 1. The van der Waals surface area contributed by atoms with E-state index >= 15 is 0 Å². The zero-order chi connectivity index (χ0) is 14.9. The summed E-state index contributed by atoms with van der Waals surface area (Å²) in [7, 11) is 0. The number of benzene rings is 1. The van der Waals surface area contributed by atoms with Crippen LogP contribution in [-0.2, 0) is 16.0 Å². The molecule has 3 nitrogen and oxygen atoms in total. The van der Waals surface area contributed by atoms with E-state index in [2.05, 4.69) is 17.9 Å². The van der Waals surface area contributed by atoms with Crippen LogP contribution in [-0.4, -0.2) is 18.1 Å². The van der Waals surface area contributed by atoms with E-state index < -0.39 is 5.60 Å². The Morgan fingerprint density at radius 1 is 1.45 bits per heavy atom. The number of thiol groups is 1. The van der Waals surface area contributed by atoms with Crippen molar-refractivity contribution < 1.29 is 9.53 Å². The maximum absolute atomic E-state index is 12.2. The van der Waals surface area contributed by atoms with Crippen molar-refractivity contribution in [3.8, 4) is 0 Å². The highest BCUT2D eigenvalue weighted by atomic mass is 35.5. The van der Waals surface area contributed by atoms with Crippen molar-refractivity contribution in [2.75, 3.05) is 11.9 Å². The molecule has 0 saturated carbocycles. The van der Waals surface area contributed by atoms with Crippen molar-refractivity contribution in [3.63, 3.8) is 0 Å². The third-order valence-corrected chi connectivity index (χ3v) is 4.21. The first-order valence-electron chi connectivity index (χ1n) is 6.75. The Hall–Kier alpha value is -0.870. The Labute approximate surface area is 130 Å². The second kappa shape index (κ2) is 5.86. The van der Waals surface area contributed by atoms with Crippen molar-refractivity contribution in [1.82, 2.24) is 0 Å². The lowest BCUT2D eigenvalue weighted by molar-refractivity contribution is -0.159. The molecule has 1 aliphatic heterocycles. The maximum Gasteiger partial charge on any atom is 0.311 e. The molecule has 0 amide bonds. The van der Waals surface area contributed by atoms with E-state index in [1.165, 1.54) is 0 Å². The fourth-order valence-corrected chi connectivity index (χ4v) is 2.75. The molecule has 1 unspecified atom stereocenters. The maximum atomic E-state index is 12.2. The van der Waals surface area contributed by atoms with Crippen LogP contribution in [0.2, 0.25) is 5.02 Å². The van der Waals surface area contributed by atoms with Gasteiger partial charge in [0.2, 0.25) is 0 Å². The summed E-state index contributed by atoms with van der Waals surface area (Å²) < 4.78 is 5.46. The van der Waals surface area contributed by atoms with E-state index in [0.717, 1.165) is 29.0 Å². The minimum atomic E-state index is -0.450. The van der Waals surface area contributed by atoms with Crippen LogP contribution >= 0.6 is 24.2 Å². The van der Waals surface area contributed by atoms with E-state index in [-0.39, 0.29) is 11.9 Å². The summed E-state index contributed by atoms with van der Waals surface area (Å²) >= 11 is 10.5. The second-order valence-electron chi connectivity index (χ2n) is 6.07. The van der Waals surface area contributed by atoms with E-state index in [1.807, 2.05) is 32.9 Å². The first kappa shape index (κ1) is 15.5. The molecule has 1 aromatic rings. The van der Waals surface area contributed by atoms with E-state index in [9.17, 15) is 4.79 Å². The number of anilines is 1. The van der Waals surface area contributed by atoms with Gasteiger partial charge in [-0.1, -0.05) is 11.6 Å². The summed E-state index contributed by atoms with van der Waals surface area (Å²) in [6.45, 7) is 6.23. The van der Waals surface area contributed by atoms with Crippen LogP contribution in [0.25, 0.3) is 0 Å². The van der Waals surface area contributed by atoms with Gasteiger partial charge in [0, 0.05) is 17.1 Å². The van der Waals surface area contributed by atoms with Gasteiger partial charge in [0.25, 0.3) is 0 Å². The Balaban J connectivity index is 2.12. The van der Waals surface area contributed by atoms with Crippen LogP contribution in [0.3, 0.4) is 0 Å². The standard InChI is InChI=1S/C15H20ClNO2S/c1-15(2,3)19-14(18)9-4-5-10-12(17-8-9)7-6-11(16)13(10)20/h6-7,9,17,20H,4-5,8H2,1-3H3. The summed E-state index contributed by atoms with van der Waals surface area (Å²) in [4.78, 5) is 13.0. The number of ether oxygens (including phenoxy) is 1. The quantitative estimate of drug-likeness (QED) is 0.609. The molecule has 0 saturated heterocycles. The summed E-state index contributed by atoms with van der Waals surface area (Å²) in [5, 5.41) is 3.94. The largest absolute Gasteiger partial charge is 0.460 e. The molecule has 0 spiro atoms. The van der Waals surface area contributed by atoms with Gasteiger partial charge in [0.05, 0.1) is 10.9 Å². The molecule has 0 aliphatic carbocycles. The number of nitrogens with one attached hydrogen (secondary N) is 1. The lowest BCUT2D eigenvalue weighted by atomic mass is 10.0. The third kappa shape index (κ3) is 3.61. The SMILES string of the molecule is CC(C)(C)OC(=O)C1CCc2c(ccc(Cl)c2S)NC1. The van der Waals surface area contributed by atoms with Gasteiger partial charge in [0.1, 0.15) is 5.60 Å². The molecule has 5 heteroatoms. The molecule has 1 heterocycles. The topological polar surface area (TPSA) is 38.3 Å². The minimum absolute atomic E-state index is 0.145. The van der Waals surface area contributed by atoms with Crippen molar-refractivity contribution in [2.45, 2.75) is 44.1 Å². The highest BCUT2D eigenvalue weighted by Crippen LogP contribution is 2.34. The van der Waals surface area contributed by atoms with Gasteiger partial charge < -0.3 is 10.1 Å². The van der Waals surface area contributed by atoms with Crippen LogP contribution < -0.4 is 5.32 Å². The number of hydrogen-bond donors (Lipinski definition) is 2. The van der Waals surface area contributed by atoms with Crippen molar-refractivity contribution >= 4 is 35.9 Å². The number of halogens is 1. The lowest BCUT2D eigenvalue weighted by Crippen LogP contribution is -2.31. The van der Waals surface area contributed by atoms with Crippen LogP contribution in [0.5, 0.6) is 0 Å². The zero-order valence-corrected chi connectivity index (χ0v) is 13.6. The minimum Gasteiger partial charge on any atom is -0.460 e. The fraction of sp³-hybridized carbons (Fsp3) is 0.533. The van der Waals surface area contributed by atoms with Gasteiger partial charge >= 0.3 is 5.97 Å². The zero-order valence-electron chi connectivity index (χ0n) is 12.0. The molecule has 0 fully saturated rings. The summed E-state index contributed by atoms with van der Waals surface area (Å²) in [6, 6.07) is 3.76. The predicted molar refractivity (Wildman–Crippen MR) is 84.8 cm³/mol. The molecule has 1 aromatic carbocycles. The number of rotatable bonds is 1. The first-order valence-corrected chi connectivity index (χ1v) is 7.57. The van der Waals surface area contributed by atoms with Gasteiger partial charge in [-0.05, 0) is 51.3 Å². The lowest BCUT2D eigenvalue weighted by Gasteiger charge is -2.23. The summed E-state index contributed by atoms with van der Waals surface area (Å²) in [6.07, 6.45) is 1.51. The summed E-state index contributed by atoms with van der Waals surface area (Å²) in [5.41, 5.74) is 1.63. The van der Waals surface area contributed by atoms with Gasteiger partial charge in [0.15, 0.2) is 0 Å². The molecular weight excluding hydrogens is 294 g/mol. The molecule has 1 N–H and O–H groups in total. The Kier molecular flexibility index (Phi) is 4.55. The molecule has 20 heavy (non-hydrogen) atoms. The van der Waals surface area contributed by atoms with Gasteiger partial charge in [-0.3, -0.25) is 4.79 Å². The predicted octanol–water partition coefficient (Wildman–Crippen LogP) is 3.94. The van der Waals surface area contributed by atoms with Gasteiger partial charge in [-0.15, -0.1) is 12.6 Å². The second-order valence-corrected chi connectivity index (χ2v) is 6.93. The van der Waals surface area contributed by atoms with E-state index in [1.54, 1.807) is 0 Å². The molecular formula is C15H20ClNO2S. The first-order chi connectivity index (χ1) is 9.28. The van der Waals surface area contributed by atoms with Crippen LogP contribution in [0.15, 0.2) is 17.0 Å². The van der Waals surface area contributed by atoms with Gasteiger partial charge in [-0.25, -0.2) is 0 Å². The van der Waals surface area contributed by atoms with Crippen LogP contribution in [0.4, 0.5) is 5.69 Å². The Morgan fingerprint density at radius 2 is 2.15 bits per heavy atom. The Morgan fingerprint density at radius 3 is 2.80 bits per heavy atom. The van der Waals surface area contributed by atoms with Crippen LogP contribution in [0, 0.1) is 5.92 Å². The van der Waals surface area contributed by atoms with Gasteiger partial charge in [-0.2, -0.15) is 0 Å². The number of carbonyl (C=O) groups excluding carboxylic acids is 1. The average Bonchev–Trinajstić information content (AvgIpc) is 2.54. The normalized spacial score (nSPS) is 18.8. The highest BCUT2D eigenvalue weighted by Gasteiger charge is 2.27. The van der Waals surface area contributed by atoms with Crippen molar-refractivity contribution in [1.29, 1.82) is 0 Å². The highest BCUT2D eigenvalue weighted by molar-refractivity contribution is 7.80. The van der Waals surface area contributed by atoms with E-state index in [0.29, 0.717) is 11.6 Å². The molecule has 1 aliphatic rings. The summed E-state index contributed by atoms with van der Waals surface area (Å²) in [5.74, 6) is -0.294. The molecule has 110 valence electrons. The number of hydrogen-bond acceptors (Lipinski definition) is 4. The molecule has 0 bridgehead atoms. The number of esters is 1. The molecule has 1 atom stereocenters. The smallest absolute Gasteiger partial charge is 0.311 e. The van der Waals surface area contributed by atoms with E-state index in [4.69, 9.17) is 16.3 Å². The fourth-order valence-electron chi connectivity index (χ4n) is 2.27. The molecule has 2 rings (SSSR count). The molecule has 0 radical (unpaired) electrons. The van der Waals surface area contributed by atoms with Crippen molar-refractivity contribution in [3.05, 3.63) is 22.7 Å². The van der Waals surface area contributed by atoms with Crippen molar-refractivity contribution in [2.24, 2.45) is 5.92 Å². The average molecular weight is 314 g/mol. The van der Waals surface area contributed by atoms with Crippen LogP contribution in [0.1, 0.15) is 32.8 Å².